The van der Waals surface area contributed by atoms with Crippen molar-refractivity contribution in [3.05, 3.63) is 0 Å². The summed E-state index contributed by atoms with van der Waals surface area (Å²) in [5.74, 6) is 3.87. The van der Waals surface area contributed by atoms with Gasteiger partial charge in [-0.25, -0.2) is 0 Å². The van der Waals surface area contributed by atoms with Crippen LogP contribution >= 0.6 is 0 Å². The van der Waals surface area contributed by atoms with Gasteiger partial charge in [-0.2, -0.15) is 0 Å². The SMILES string of the molecule is CC1(C)[C@H](O)CC[C@]2(C)[C@@H]1CC[C@@]13C[C@@H]4[C@@H](C[C@H]12)[C@]4(C)C3. The highest BCUT2D eigenvalue weighted by atomic mass is 16.3. The van der Waals surface area contributed by atoms with Crippen molar-refractivity contribution in [2.24, 2.45) is 45.3 Å². The third-order valence-corrected chi connectivity index (χ3v) is 9.90. The summed E-state index contributed by atoms with van der Waals surface area (Å²) in [5.41, 5.74) is 2.10. The van der Waals surface area contributed by atoms with Crippen LogP contribution in [0, 0.1) is 45.3 Å². The Bertz CT molecular complexity index is 510. The molecule has 21 heavy (non-hydrogen) atoms. The summed E-state index contributed by atoms with van der Waals surface area (Å²) in [6.45, 7) is 9.92. The van der Waals surface area contributed by atoms with Crippen molar-refractivity contribution in [1.29, 1.82) is 0 Å². The van der Waals surface area contributed by atoms with Crippen molar-refractivity contribution in [2.45, 2.75) is 78.7 Å². The Hall–Kier alpha value is -0.0400. The minimum atomic E-state index is -0.0754. The third kappa shape index (κ3) is 1.28. The largest absolute Gasteiger partial charge is 0.393 e. The molecule has 1 spiro atoms. The summed E-state index contributed by atoms with van der Waals surface area (Å²) < 4.78 is 0. The first kappa shape index (κ1) is 13.4. The summed E-state index contributed by atoms with van der Waals surface area (Å²) in [7, 11) is 0. The summed E-state index contributed by atoms with van der Waals surface area (Å²) in [4.78, 5) is 0. The molecule has 4 bridgehead atoms. The second kappa shape index (κ2) is 3.40. The summed E-state index contributed by atoms with van der Waals surface area (Å²) >= 11 is 0. The molecule has 6 saturated carbocycles. The highest BCUT2D eigenvalue weighted by Crippen LogP contribution is 2.85. The quantitative estimate of drug-likeness (QED) is 0.688. The molecule has 0 heterocycles. The number of hydrogen-bond acceptors (Lipinski definition) is 1. The summed E-state index contributed by atoms with van der Waals surface area (Å²) in [6.07, 6.45) is 9.72. The first-order chi connectivity index (χ1) is 9.74. The zero-order valence-corrected chi connectivity index (χ0v) is 14.3. The Morgan fingerprint density at radius 2 is 1.62 bits per heavy atom. The molecule has 0 aliphatic heterocycles. The monoisotopic (exact) mass is 288 g/mol. The van der Waals surface area contributed by atoms with Crippen molar-refractivity contribution < 1.29 is 5.11 Å². The Balaban J connectivity index is 1.56. The lowest BCUT2D eigenvalue weighted by molar-refractivity contribution is -0.190. The Kier molecular flexibility index (Phi) is 2.17. The van der Waals surface area contributed by atoms with Gasteiger partial charge in [0.2, 0.25) is 0 Å². The van der Waals surface area contributed by atoms with E-state index in [0.29, 0.717) is 10.8 Å². The van der Waals surface area contributed by atoms with Gasteiger partial charge >= 0.3 is 0 Å². The molecule has 1 heteroatoms. The van der Waals surface area contributed by atoms with Gasteiger partial charge in [0.05, 0.1) is 6.10 Å². The Morgan fingerprint density at radius 3 is 2.29 bits per heavy atom. The number of fused-ring (bicyclic) bond motifs is 1. The van der Waals surface area contributed by atoms with Crippen LogP contribution in [0.1, 0.15) is 72.6 Å². The van der Waals surface area contributed by atoms with Crippen molar-refractivity contribution in [1.82, 2.24) is 0 Å². The van der Waals surface area contributed by atoms with Crippen molar-refractivity contribution in [3.63, 3.8) is 0 Å². The molecule has 0 amide bonds. The predicted molar refractivity (Wildman–Crippen MR) is 84.7 cm³/mol. The maximum Gasteiger partial charge on any atom is 0.0594 e. The normalized spacial score (nSPS) is 66.4. The van der Waals surface area contributed by atoms with E-state index >= 15 is 0 Å². The standard InChI is InChI=1S/C20H32O/c1-17(2)14-5-8-20-10-13-12(19(13,4)11-20)9-15(20)18(14,3)7-6-16(17)21/h12-16,21H,5-11H2,1-4H3/t12-,13-,14-,15+,16-,18-,19+,20+/m1/s1. The van der Waals surface area contributed by atoms with E-state index in [-0.39, 0.29) is 11.5 Å². The molecule has 0 aromatic rings. The smallest absolute Gasteiger partial charge is 0.0594 e. The third-order valence-electron chi connectivity index (χ3n) is 9.90. The lowest BCUT2D eigenvalue weighted by Crippen LogP contribution is -2.60. The second-order valence-electron chi connectivity index (χ2n) is 10.7. The highest BCUT2D eigenvalue weighted by molar-refractivity contribution is 5.27. The minimum absolute atomic E-state index is 0.0754. The highest BCUT2D eigenvalue weighted by Gasteiger charge is 2.78. The molecular formula is C20H32O. The van der Waals surface area contributed by atoms with Crippen LogP contribution in [0.25, 0.3) is 0 Å². The fourth-order valence-electron chi connectivity index (χ4n) is 8.83. The van der Waals surface area contributed by atoms with E-state index in [4.69, 9.17) is 0 Å². The molecule has 0 radical (unpaired) electrons. The summed E-state index contributed by atoms with van der Waals surface area (Å²) in [6, 6.07) is 0. The van der Waals surface area contributed by atoms with E-state index in [0.717, 1.165) is 35.5 Å². The molecule has 0 unspecified atom stereocenters. The van der Waals surface area contributed by atoms with Gasteiger partial charge in [0.25, 0.3) is 0 Å². The fraction of sp³-hybridized carbons (Fsp3) is 1.00. The molecule has 0 saturated heterocycles. The van der Waals surface area contributed by atoms with E-state index in [1.807, 2.05) is 0 Å². The summed E-state index contributed by atoms with van der Waals surface area (Å²) in [5, 5.41) is 10.6. The maximum atomic E-state index is 10.6. The topological polar surface area (TPSA) is 20.2 Å². The van der Waals surface area contributed by atoms with Gasteiger partial charge in [-0.15, -0.1) is 0 Å². The van der Waals surface area contributed by atoms with E-state index in [1.165, 1.54) is 25.7 Å². The average Bonchev–Trinajstić information content (AvgIpc) is 2.86. The molecule has 1 N–H and O–H groups in total. The molecule has 6 aliphatic carbocycles. The molecule has 6 fully saturated rings. The first-order valence-corrected chi connectivity index (χ1v) is 9.42. The molecule has 6 aliphatic rings. The van der Waals surface area contributed by atoms with E-state index in [9.17, 15) is 5.11 Å². The maximum absolute atomic E-state index is 10.6. The number of rotatable bonds is 0. The Labute approximate surface area is 129 Å². The van der Waals surface area contributed by atoms with E-state index < -0.39 is 0 Å². The van der Waals surface area contributed by atoms with Gasteiger partial charge in [-0.05, 0) is 90.3 Å². The first-order valence-electron chi connectivity index (χ1n) is 9.42. The van der Waals surface area contributed by atoms with Crippen LogP contribution in [-0.2, 0) is 0 Å². The molecule has 8 atom stereocenters. The van der Waals surface area contributed by atoms with Gasteiger partial charge in [0.1, 0.15) is 0 Å². The van der Waals surface area contributed by atoms with Gasteiger partial charge in [-0.1, -0.05) is 27.7 Å². The molecule has 6 rings (SSSR count). The van der Waals surface area contributed by atoms with Crippen molar-refractivity contribution in [2.75, 3.05) is 0 Å². The zero-order valence-electron chi connectivity index (χ0n) is 14.3. The fourth-order valence-corrected chi connectivity index (χ4v) is 8.83. The predicted octanol–water partition coefficient (Wildman–Crippen LogP) is 4.64. The number of aliphatic hydroxyl groups excluding tert-OH is 1. The van der Waals surface area contributed by atoms with Crippen LogP contribution in [0.4, 0.5) is 0 Å². The molecule has 118 valence electrons. The number of hydrogen-bond donors (Lipinski definition) is 1. The lowest BCUT2D eigenvalue weighted by atomic mass is 9.39. The average molecular weight is 288 g/mol. The minimum Gasteiger partial charge on any atom is -0.393 e. The van der Waals surface area contributed by atoms with Gasteiger partial charge < -0.3 is 5.11 Å². The van der Waals surface area contributed by atoms with E-state index in [1.54, 1.807) is 12.8 Å². The van der Waals surface area contributed by atoms with Crippen molar-refractivity contribution in [3.8, 4) is 0 Å². The number of aliphatic hydroxyl groups is 1. The van der Waals surface area contributed by atoms with Gasteiger partial charge in [0, 0.05) is 0 Å². The van der Waals surface area contributed by atoms with Crippen molar-refractivity contribution >= 4 is 0 Å². The zero-order chi connectivity index (χ0) is 14.8. The van der Waals surface area contributed by atoms with Crippen LogP contribution in [0.15, 0.2) is 0 Å². The van der Waals surface area contributed by atoms with Crippen LogP contribution in [0.5, 0.6) is 0 Å². The molecule has 1 nitrogen and oxygen atoms in total. The van der Waals surface area contributed by atoms with Crippen LogP contribution in [0.3, 0.4) is 0 Å². The molecule has 0 aromatic heterocycles. The molecule has 0 aromatic carbocycles. The van der Waals surface area contributed by atoms with Crippen LogP contribution < -0.4 is 0 Å². The van der Waals surface area contributed by atoms with Crippen LogP contribution in [0.2, 0.25) is 0 Å². The Morgan fingerprint density at radius 1 is 0.857 bits per heavy atom. The van der Waals surface area contributed by atoms with E-state index in [2.05, 4.69) is 27.7 Å². The molecular weight excluding hydrogens is 256 g/mol. The van der Waals surface area contributed by atoms with Gasteiger partial charge in [0.15, 0.2) is 0 Å². The second-order valence-corrected chi connectivity index (χ2v) is 10.7. The lowest BCUT2D eigenvalue weighted by Gasteiger charge is -2.66. The van der Waals surface area contributed by atoms with Crippen LogP contribution in [-0.4, -0.2) is 11.2 Å². The van der Waals surface area contributed by atoms with Gasteiger partial charge in [-0.3, -0.25) is 0 Å².